The summed E-state index contributed by atoms with van der Waals surface area (Å²) in [6, 6.07) is 9.90. The second-order valence-electron chi connectivity index (χ2n) is 4.28. The fourth-order valence-corrected chi connectivity index (χ4v) is 1.50. The van der Waals surface area contributed by atoms with E-state index in [4.69, 9.17) is 10.5 Å². The Morgan fingerprint density at radius 3 is 2.59 bits per heavy atom. The SMILES string of the molecule is COCCC(C)(NCc1ccccc1)C(N)=O. The molecule has 4 nitrogen and oxygen atoms in total. The largest absolute Gasteiger partial charge is 0.385 e. The first-order valence-electron chi connectivity index (χ1n) is 5.66. The molecule has 17 heavy (non-hydrogen) atoms. The lowest BCUT2D eigenvalue weighted by molar-refractivity contribution is -0.124. The Morgan fingerprint density at radius 1 is 1.41 bits per heavy atom. The molecule has 0 spiro atoms. The van der Waals surface area contributed by atoms with Crippen LogP contribution in [0.15, 0.2) is 30.3 Å². The summed E-state index contributed by atoms with van der Waals surface area (Å²) in [6.07, 6.45) is 0.561. The van der Waals surface area contributed by atoms with Crippen LogP contribution in [0.25, 0.3) is 0 Å². The van der Waals surface area contributed by atoms with Crippen molar-refractivity contribution in [3.05, 3.63) is 35.9 Å². The molecule has 1 amide bonds. The zero-order valence-corrected chi connectivity index (χ0v) is 10.4. The van der Waals surface area contributed by atoms with Crippen molar-refractivity contribution in [2.45, 2.75) is 25.4 Å². The zero-order valence-electron chi connectivity index (χ0n) is 10.4. The third kappa shape index (κ3) is 4.17. The molecule has 3 N–H and O–H groups in total. The minimum atomic E-state index is -0.730. The van der Waals surface area contributed by atoms with Crippen molar-refractivity contribution in [2.24, 2.45) is 5.73 Å². The van der Waals surface area contributed by atoms with Gasteiger partial charge in [0.2, 0.25) is 5.91 Å². The normalized spacial score (nSPS) is 14.2. The molecule has 0 radical (unpaired) electrons. The summed E-state index contributed by atoms with van der Waals surface area (Å²) in [5, 5.41) is 3.19. The van der Waals surface area contributed by atoms with Crippen molar-refractivity contribution in [3.63, 3.8) is 0 Å². The molecular formula is C13H20N2O2. The molecule has 0 heterocycles. The second kappa shape index (κ2) is 6.37. The predicted octanol–water partition coefficient (Wildman–Crippen LogP) is 1.06. The lowest BCUT2D eigenvalue weighted by atomic mass is 9.97. The molecule has 1 atom stereocenters. The Labute approximate surface area is 102 Å². The molecule has 1 unspecified atom stereocenters. The average molecular weight is 236 g/mol. The van der Waals surface area contributed by atoms with Crippen molar-refractivity contribution < 1.29 is 9.53 Å². The summed E-state index contributed by atoms with van der Waals surface area (Å²) in [7, 11) is 1.61. The number of rotatable bonds is 7. The number of carbonyl (C=O) groups is 1. The molecule has 0 aliphatic heterocycles. The number of benzene rings is 1. The lowest BCUT2D eigenvalue weighted by Crippen LogP contribution is -2.53. The molecule has 0 fully saturated rings. The lowest BCUT2D eigenvalue weighted by Gasteiger charge is -2.27. The monoisotopic (exact) mass is 236 g/mol. The number of nitrogens with one attached hydrogen (secondary N) is 1. The van der Waals surface area contributed by atoms with Crippen LogP contribution in [0.2, 0.25) is 0 Å². The van der Waals surface area contributed by atoms with Gasteiger partial charge < -0.3 is 10.5 Å². The highest BCUT2D eigenvalue weighted by Crippen LogP contribution is 2.11. The highest BCUT2D eigenvalue weighted by molar-refractivity contribution is 5.84. The topological polar surface area (TPSA) is 64.3 Å². The van der Waals surface area contributed by atoms with Crippen LogP contribution in [-0.2, 0) is 16.1 Å². The summed E-state index contributed by atoms with van der Waals surface area (Å²) in [4.78, 5) is 11.5. The van der Waals surface area contributed by atoms with Crippen molar-refractivity contribution in [1.29, 1.82) is 0 Å². The van der Waals surface area contributed by atoms with Gasteiger partial charge in [-0.1, -0.05) is 30.3 Å². The van der Waals surface area contributed by atoms with Crippen LogP contribution in [0, 0.1) is 0 Å². The Kier molecular flexibility index (Phi) is 5.12. The maximum Gasteiger partial charge on any atom is 0.237 e. The van der Waals surface area contributed by atoms with Crippen molar-refractivity contribution in [1.82, 2.24) is 5.32 Å². The van der Waals surface area contributed by atoms with Crippen LogP contribution in [-0.4, -0.2) is 25.2 Å². The Balaban J connectivity index is 2.58. The fraction of sp³-hybridized carbons (Fsp3) is 0.462. The minimum absolute atomic E-state index is 0.356. The molecule has 1 aromatic carbocycles. The van der Waals surface area contributed by atoms with Crippen molar-refractivity contribution >= 4 is 5.91 Å². The fourth-order valence-electron chi connectivity index (χ4n) is 1.50. The molecule has 0 saturated heterocycles. The van der Waals surface area contributed by atoms with Gasteiger partial charge in [0.25, 0.3) is 0 Å². The van der Waals surface area contributed by atoms with Gasteiger partial charge in [-0.15, -0.1) is 0 Å². The number of hydrogen-bond donors (Lipinski definition) is 2. The maximum atomic E-state index is 11.5. The first-order valence-corrected chi connectivity index (χ1v) is 5.66. The highest BCUT2D eigenvalue weighted by atomic mass is 16.5. The van der Waals surface area contributed by atoms with E-state index in [1.807, 2.05) is 30.3 Å². The number of hydrogen-bond acceptors (Lipinski definition) is 3. The van der Waals surface area contributed by atoms with E-state index in [1.165, 1.54) is 0 Å². The quantitative estimate of drug-likeness (QED) is 0.744. The summed E-state index contributed by atoms with van der Waals surface area (Å²) in [5.74, 6) is -0.356. The molecule has 0 aliphatic rings. The molecule has 0 aromatic heterocycles. The van der Waals surface area contributed by atoms with Crippen LogP contribution >= 0.6 is 0 Å². The standard InChI is InChI=1S/C13H20N2O2/c1-13(12(14)16,8-9-17-2)15-10-11-6-4-3-5-7-11/h3-7,15H,8-10H2,1-2H3,(H2,14,16). The Hall–Kier alpha value is -1.39. The molecule has 0 aliphatic carbocycles. The van der Waals surface area contributed by atoms with Gasteiger partial charge in [0.05, 0.1) is 5.54 Å². The minimum Gasteiger partial charge on any atom is -0.385 e. The number of primary amides is 1. The van der Waals surface area contributed by atoms with Gasteiger partial charge in [-0.05, 0) is 18.9 Å². The first kappa shape index (κ1) is 13.7. The summed E-state index contributed by atoms with van der Waals surface area (Å²) in [5.41, 5.74) is 5.81. The van der Waals surface area contributed by atoms with E-state index in [0.29, 0.717) is 19.6 Å². The maximum absolute atomic E-state index is 11.5. The number of amides is 1. The van der Waals surface area contributed by atoms with E-state index in [1.54, 1.807) is 14.0 Å². The van der Waals surface area contributed by atoms with Crippen molar-refractivity contribution in [3.8, 4) is 0 Å². The van der Waals surface area contributed by atoms with Gasteiger partial charge in [-0.25, -0.2) is 0 Å². The van der Waals surface area contributed by atoms with Crippen LogP contribution in [0.5, 0.6) is 0 Å². The van der Waals surface area contributed by atoms with E-state index in [-0.39, 0.29) is 5.91 Å². The van der Waals surface area contributed by atoms with Gasteiger partial charge in [0.1, 0.15) is 0 Å². The van der Waals surface area contributed by atoms with Crippen LogP contribution in [0.4, 0.5) is 0 Å². The third-order valence-electron chi connectivity index (χ3n) is 2.88. The van der Waals surface area contributed by atoms with Crippen LogP contribution in [0.3, 0.4) is 0 Å². The van der Waals surface area contributed by atoms with E-state index in [0.717, 1.165) is 5.56 Å². The molecule has 1 rings (SSSR count). The Bertz CT molecular complexity index is 354. The van der Waals surface area contributed by atoms with E-state index in [9.17, 15) is 4.79 Å². The molecule has 94 valence electrons. The first-order chi connectivity index (χ1) is 8.08. The predicted molar refractivity (Wildman–Crippen MR) is 67.4 cm³/mol. The van der Waals surface area contributed by atoms with Gasteiger partial charge in [-0.3, -0.25) is 10.1 Å². The van der Waals surface area contributed by atoms with E-state index < -0.39 is 5.54 Å². The highest BCUT2D eigenvalue weighted by Gasteiger charge is 2.29. The Morgan fingerprint density at radius 2 is 2.06 bits per heavy atom. The van der Waals surface area contributed by atoms with Gasteiger partial charge in [0.15, 0.2) is 0 Å². The van der Waals surface area contributed by atoms with Gasteiger partial charge in [-0.2, -0.15) is 0 Å². The van der Waals surface area contributed by atoms with Gasteiger partial charge >= 0.3 is 0 Å². The third-order valence-corrected chi connectivity index (χ3v) is 2.88. The van der Waals surface area contributed by atoms with E-state index in [2.05, 4.69) is 5.32 Å². The van der Waals surface area contributed by atoms with E-state index >= 15 is 0 Å². The number of carbonyl (C=O) groups excluding carboxylic acids is 1. The number of methoxy groups -OCH3 is 1. The number of ether oxygens (including phenoxy) is 1. The second-order valence-corrected chi connectivity index (χ2v) is 4.28. The summed E-state index contributed by atoms with van der Waals surface area (Å²) < 4.78 is 4.99. The molecular weight excluding hydrogens is 216 g/mol. The molecule has 4 heteroatoms. The van der Waals surface area contributed by atoms with Gasteiger partial charge in [0, 0.05) is 20.3 Å². The smallest absolute Gasteiger partial charge is 0.237 e. The van der Waals surface area contributed by atoms with Crippen LogP contribution < -0.4 is 11.1 Å². The molecule has 1 aromatic rings. The number of nitrogens with two attached hydrogens (primary N) is 1. The molecule has 0 bridgehead atoms. The summed E-state index contributed by atoms with van der Waals surface area (Å²) >= 11 is 0. The van der Waals surface area contributed by atoms with Crippen LogP contribution in [0.1, 0.15) is 18.9 Å². The zero-order chi connectivity index (χ0) is 12.7. The molecule has 0 saturated carbocycles. The average Bonchev–Trinajstić information content (AvgIpc) is 2.35. The van der Waals surface area contributed by atoms with Crippen molar-refractivity contribution in [2.75, 3.05) is 13.7 Å². The summed E-state index contributed by atoms with van der Waals surface area (Å²) in [6.45, 7) is 2.92.